The maximum Gasteiger partial charge on any atom is 0.267 e. The lowest BCUT2D eigenvalue weighted by atomic mass is 10.1. The lowest BCUT2D eigenvalue weighted by Gasteiger charge is -2.10. The van der Waals surface area contributed by atoms with E-state index < -0.39 is 19.9 Å². The van der Waals surface area contributed by atoms with E-state index in [2.05, 4.69) is 0 Å². The molecule has 0 aliphatic heterocycles. The summed E-state index contributed by atoms with van der Waals surface area (Å²) in [5.41, 5.74) is 0.189. The third-order valence-electron chi connectivity index (χ3n) is 3.47. The molecule has 0 bridgehead atoms. The minimum Gasteiger partial charge on any atom is -0.249 e. The predicted molar refractivity (Wildman–Crippen MR) is 89.5 cm³/mol. The molecule has 116 valence electrons. The van der Waals surface area contributed by atoms with Gasteiger partial charge in [0.25, 0.3) is 10.0 Å². The highest BCUT2D eigenvalue weighted by Crippen LogP contribution is 2.26. The van der Waals surface area contributed by atoms with Crippen molar-refractivity contribution in [2.75, 3.05) is 6.26 Å². The Balaban J connectivity index is 2.39. The van der Waals surface area contributed by atoms with E-state index in [1.54, 1.807) is 18.2 Å². The fourth-order valence-electron chi connectivity index (χ4n) is 2.49. The van der Waals surface area contributed by atoms with Crippen molar-refractivity contribution in [2.24, 2.45) is 0 Å². The SMILES string of the molecule is [B]c1cc2c(S(C)(=O)=O)cccc2n1S(=O)(=O)c1ccccc1. The zero-order valence-electron chi connectivity index (χ0n) is 12.2. The minimum atomic E-state index is -3.92. The molecule has 0 saturated heterocycles. The summed E-state index contributed by atoms with van der Waals surface area (Å²) >= 11 is 0. The van der Waals surface area contributed by atoms with Crippen LogP contribution in [-0.2, 0) is 19.9 Å². The van der Waals surface area contributed by atoms with Gasteiger partial charge in [0.1, 0.15) is 7.85 Å². The molecule has 1 heterocycles. The van der Waals surface area contributed by atoms with Crippen LogP contribution in [0.2, 0.25) is 0 Å². The molecule has 0 unspecified atom stereocenters. The van der Waals surface area contributed by atoms with E-state index in [0.29, 0.717) is 0 Å². The van der Waals surface area contributed by atoms with Gasteiger partial charge in [0, 0.05) is 11.6 Å². The van der Waals surface area contributed by atoms with Gasteiger partial charge in [-0.3, -0.25) is 0 Å². The van der Waals surface area contributed by atoms with Gasteiger partial charge in [0.2, 0.25) is 0 Å². The van der Waals surface area contributed by atoms with Gasteiger partial charge < -0.3 is 0 Å². The van der Waals surface area contributed by atoms with E-state index in [0.717, 1.165) is 10.2 Å². The standard InChI is InChI=1S/C15H12BNO4S2/c1-22(18,19)14-9-5-8-13-12(14)10-15(16)17(13)23(20,21)11-6-3-2-4-7-11/h2-10H,1H3. The Labute approximate surface area is 135 Å². The lowest BCUT2D eigenvalue weighted by molar-refractivity contribution is 0.589. The number of sulfone groups is 1. The molecule has 0 aliphatic carbocycles. The molecule has 5 nitrogen and oxygen atoms in total. The monoisotopic (exact) mass is 345 g/mol. The molecular weight excluding hydrogens is 333 g/mol. The number of aromatic nitrogens is 1. The third-order valence-corrected chi connectivity index (χ3v) is 6.38. The van der Waals surface area contributed by atoms with Gasteiger partial charge in [-0.15, -0.1) is 0 Å². The van der Waals surface area contributed by atoms with Crippen molar-refractivity contribution in [3.05, 3.63) is 54.6 Å². The summed E-state index contributed by atoms with van der Waals surface area (Å²) < 4.78 is 50.4. The summed E-state index contributed by atoms with van der Waals surface area (Å²) in [4.78, 5) is 0.123. The van der Waals surface area contributed by atoms with Crippen molar-refractivity contribution in [1.29, 1.82) is 0 Å². The highest BCUT2D eigenvalue weighted by Gasteiger charge is 2.23. The molecule has 0 fully saturated rings. The van der Waals surface area contributed by atoms with Crippen molar-refractivity contribution in [2.45, 2.75) is 9.79 Å². The van der Waals surface area contributed by atoms with Crippen LogP contribution in [0.4, 0.5) is 0 Å². The maximum atomic E-state index is 12.8. The number of fused-ring (bicyclic) bond motifs is 1. The van der Waals surface area contributed by atoms with Gasteiger partial charge in [-0.2, -0.15) is 0 Å². The second-order valence-electron chi connectivity index (χ2n) is 5.11. The first-order chi connectivity index (χ1) is 10.7. The molecule has 3 aromatic rings. The number of hydrogen-bond donors (Lipinski definition) is 0. The van der Waals surface area contributed by atoms with Crippen LogP contribution in [0.1, 0.15) is 0 Å². The van der Waals surface area contributed by atoms with E-state index in [-0.39, 0.29) is 26.3 Å². The van der Waals surface area contributed by atoms with Gasteiger partial charge in [0.05, 0.1) is 15.3 Å². The Kier molecular flexibility index (Phi) is 3.61. The van der Waals surface area contributed by atoms with Crippen LogP contribution in [0.15, 0.2) is 64.4 Å². The van der Waals surface area contributed by atoms with Gasteiger partial charge in [-0.05, 0) is 35.9 Å². The molecule has 8 heteroatoms. The van der Waals surface area contributed by atoms with Crippen LogP contribution in [0.3, 0.4) is 0 Å². The Bertz CT molecular complexity index is 1100. The summed E-state index contributed by atoms with van der Waals surface area (Å²) in [5, 5.41) is 0.284. The van der Waals surface area contributed by atoms with E-state index >= 15 is 0 Å². The summed E-state index contributed by atoms with van der Waals surface area (Å²) in [6, 6.07) is 13.7. The van der Waals surface area contributed by atoms with Crippen molar-refractivity contribution < 1.29 is 16.8 Å². The summed E-state index contributed by atoms with van der Waals surface area (Å²) in [7, 11) is -1.55. The quantitative estimate of drug-likeness (QED) is 0.666. The highest BCUT2D eigenvalue weighted by molar-refractivity contribution is 7.91. The molecule has 3 rings (SSSR count). The average molecular weight is 345 g/mol. The highest BCUT2D eigenvalue weighted by atomic mass is 32.2. The van der Waals surface area contributed by atoms with Crippen molar-refractivity contribution in [1.82, 2.24) is 3.97 Å². The molecule has 2 radical (unpaired) electrons. The number of rotatable bonds is 3. The topological polar surface area (TPSA) is 73.2 Å². The van der Waals surface area contributed by atoms with Crippen LogP contribution < -0.4 is 5.59 Å². The summed E-state index contributed by atoms with van der Waals surface area (Å²) in [6.07, 6.45) is 1.07. The van der Waals surface area contributed by atoms with E-state index in [1.165, 1.54) is 36.4 Å². The fourth-order valence-corrected chi connectivity index (χ4v) is 4.84. The lowest BCUT2D eigenvalue weighted by Crippen LogP contribution is -2.24. The second kappa shape index (κ2) is 5.24. The molecule has 0 saturated carbocycles. The Morgan fingerprint density at radius 3 is 2.17 bits per heavy atom. The molecule has 0 atom stereocenters. The van der Waals surface area contributed by atoms with Crippen molar-refractivity contribution in [3.63, 3.8) is 0 Å². The van der Waals surface area contributed by atoms with Gasteiger partial charge >= 0.3 is 0 Å². The van der Waals surface area contributed by atoms with Crippen LogP contribution in [0.5, 0.6) is 0 Å². The van der Waals surface area contributed by atoms with Crippen LogP contribution in [0, 0.1) is 0 Å². The first kappa shape index (κ1) is 15.8. The van der Waals surface area contributed by atoms with Gasteiger partial charge in [0.15, 0.2) is 9.84 Å². The number of hydrogen-bond acceptors (Lipinski definition) is 4. The van der Waals surface area contributed by atoms with Crippen LogP contribution in [-0.4, -0.2) is 34.9 Å². The van der Waals surface area contributed by atoms with Crippen molar-refractivity contribution in [3.8, 4) is 0 Å². The Hall–Kier alpha value is -2.06. The van der Waals surface area contributed by atoms with Crippen LogP contribution >= 0.6 is 0 Å². The maximum absolute atomic E-state index is 12.8. The van der Waals surface area contributed by atoms with Gasteiger partial charge in [-0.1, -0.05) is 24.3 Å². The zero-order valence-corrected chi connectivity index (χ0v) is 13.8. The molecular formula is C15H12BNO4S2. The zero-order chi connectivity index (χ0) is 16.8. The summed E-state index contributed by atoms with van der Waals surface area (Å²) in [6.45, 7) is 0. The normalized spacial score (nSPS) is 12.6. The largest absolute Gasteiger partial charge is 0.267 e. The molecule has 0 spiro atoms. The molecule has 23 heavy (non-hydrogen) atoms. The molecule has 1 aromatic heterocycles. The van der Waals surface area contributed by atoms with E-state index in [1.807, 2.05) is 0 Å². The summed E-state index contributed by atoms with van der Waals surface area (Å²) in [5.74, 6) is 0. The molecule has 2 aromatic carbocycles. The van der Waals surface area contributed by atoms with Crippen LogP contribution in [0.25, 0.3) is 10.9 Å². The number of nitrogens with zero attached hydrogens (tertiary/aromatic N) is 1. The van der Waals surface area contributed by atoms with E-state index in [9.17, 15) is 16.8 Å². The first-order valence-electron chi connectivity index (χ1n) is 6.63. The molecule has 0 amide bonds. The van der Waals surface area contributed by atoms with Crippen molar-refractivity contribution >= 4 is 44.2 Å². The fraction of sp³-hybridized carbons (Fsp3) is 0.0667. The Morgan fingerprint density at radius 2 is 1.57 bits per heavy atom. The average Bonchev–Trinajstić information content (AvgIpc) is 2.83. The van der Waals surface area contributed by atoms with E-state index in [4.69, 9.17) is 7.85 Å². The molecule has 0 N–H and O–H groups in total. The first-order valence-corrected chi connectivity index (χ1v) is 9.97. The Morgan fingerprint density at radius 1 is 0.913 bits per heavy atom. The third kappa shape index (κ3) is 2.57. The van der Waals surface area contributed by atoms with Gasteiger partial charge in [-0.25, -0.2) is 20.8 Å². The predicted octanol–water partition coefficient (Wildman–Crippen LogP) is 1.08. The molecule has 0 aliphatic rings. The minimum absolute atomic E-state index is 0.0417. The second-order valence-corrected chi connectivity index (χ2v) is 8.88. The number of benzene rings is 2. The smallest absolute Gasteiger partial charge is 0.249 e.